The zero-order chi connectivity index (χ0) is 13.0. The summed E-state index contributed by atoms with van der Waals surface area (Å²) < 4.78 is 6.36. The number of aromatic nitrogens is 3. The molecule has 2 heterocycles. The van der Waals surface area contributed by atoms with E-state index in [-0.39, 0.29) is 5.56 Å². The van der Waals surface area contributed by atoms with Crippen LogP contribution in [0.1, 0.15) is 10.7 Å². The quantitative estimate of drug-likeness (QED) is 0.785. The molecule has 0 aromatic carbocycles. The van der Waals surface area contributed by atoms with Crippen molar-refractivity contribution in [2.75, 3.05) is 7.11 Å². The van der Waals surface area contributed by atoms with Crippen LogP contribution in [0, 0.1) is 0 Å². The normalized spacial score (nSPS) is 10.6. The van der Waals surface area contributed by atoms with Gasteiger partial charge in [-0.25, -0.2) is 9.67 Å². The number of halogens is 1. The summed E-state index contributed by atoms with van der Waals surface area (Å²) in [5.74, 6) is 0.837. The fourth-order valence-electron chi connectivity index (χ4n) is 1.43. The maximum atomic E-state index is 11.6. The molecule has 0 spiro atoms. The molecule has 0 fully saturated rings. The summed E-state index contributed by atoms with van der Waals surface area (Å²) in [4.78, 5) is 15.9. The van der Waals surface area contributed by atoms with Crippen molar-refractivity contribution >= 4 is 22.9 Å². The molecular formula is C11H12ClN3O2S. The van der Waals surface area contributed by atoms with Crippen molar-refractivity contribution in [1.29, 1.82) is 0 Å². The molecule has 0 amide bonds. The molecule has 18 heavy (non-hydrogen) atoms. The molecule has 0 aliphatic rings. The molecule has 0 N–H and O–H groups in total. The number of aryl methyl sites for hydroxylation is 2. The van der Waals surface area contributed by atoms with Crippen LogP contribution in [-0.4, -0.2) is 21.9 Å². The predicted octanol–water partition coefficient (Wildman–Crippen LogP) is 1.69. The highest BCUT2D eigenvalue weighted by molar-refractivity contribution is 7.09. The first kappa shape index (κ1) is 13.0. The maximum absolute atomic E-state index is 11.6. The monoisotopic (exact) mass is 285 g/mol. The van der Waals surface area contributed by atoms with Gasteiger partial charge < -0.3 is 4.74 Å². The Morgan fingerprint density at radius 2 is 2.33 bits per heavy atom. The molecule has 2 aromatic rings. The van der Waals surface area contributed by atoms with Crippen LogP contribution in [0.5, 0.6) is 5.88 Å². The molecule has 7 heteroatoms. The molecular weight excluding hydrogens is 274 g/mol. The Kier molecular flexibility index (Phi) is 4.33. The molecule has 0 atom stereocenters. The predicted molar refractivity (Wildman–Crippen MR) is 70.4 cm³/mol. The van der Waals surface area contributed by atoms with Crippen molar-refractivity contribution in [2.24, 2.45) is 0 Å². The SMILES string of the molecule is COc1ccc(=O)n(CCc2nc(CCl)cs2)n1. The number of alkyl halides is 1. The van der Waals surface area contributed by atoms with Crippen LogP contribution in [0.15, 0.2) is 22.3 Å². The van der Waals surface area contributed by atoms with Gasteiger partial charge in [0, 0.05) is 23.9 Å². The van der Waals surface area contributed by atoms with Gasteiger partial charge in [0.15, 0.2) is 0 Å². The fourth-order valence-corrected chi connectivity index (χ4v) is 2.44. The summed E-state index contributed by atoms with van der Waals surface area (Å²) in [7, 11) is 1.52. The molecule has 0 aliphatic carbocycles. The Hall–Kier alpha value is -1.40. The molecule has 0 bridgehead atoms. The van der Waals surface area contributed by atoms with Crippen LogP contribution >= 0.6 is 22.9 Å². The van der Waals surface area contributed by atoms with Gasteiger partial charge >= 0.3 is 0 Å². The second-order valence-corrected chi connectivity index (χ2v) is 4.76. The smallest absolute Gasteiger partial charge is 0.266 e. The zero-order valence-electron chi connectivity index (χ0n) is 9.80. The minimum Gasteiger partial charge on any atom is -0.480 e. The third-order valence-electron chi connectivity index (χ3n) is 2.32. The lowest BCUT2D eigenvalue weighted by Crippen LogP contribution is -2.23. The van der Waals surface area contributed by atoms with Gasteiger partial charge in [0.1, 0.15) is 0 Å². The average Bonchev–Trinajstić information content (AvgIpc) is 2.86. The maximum Gasteiger partial charge on any atom is 0.266 e. The molecule has 5 nitrogen and oxygen atoms in total. The van der Waals surface area contributed by atoms with Gasteiger partial charge in [-0.15, -0.1) is 28.0 Å². The molecule has 2 rings (SSSR count). The van der Waals surface area contributed by atoms with Gasteiger partial charge in [0.2, 0.25) is 5.88 Å². The molecule has 0 radical (unpaired) electrons. The van der Waals surface area contributed by atoms with Crippen LogP contribution in [0.2, 0.25) is 0 Å². The van der Waals surface area contributed by atoms with E-state index in [9.17, 15) is 4.79 Å². The van der Waals surface area contributed by atoms with E-state index >= 15 is 0 Å². The number of hydrogen-bond donors (Lipinski definition) is 0. The summed E-state index contributed by atoms with van der Waals surface area (Å²) >= 11 is 7.22. The topological polar surface area (TPSA) is 57.0 Å². The third kappa shape index (κ3) is 3.08. The molecule has 0 aliphatic heterocycles. The van der Waals surface area contributed by atoms with E-state index in [4.69, 9.17) is 16.3 Å². The number of methoxy groups -OCH3 is 1. The number of hydrogen-bond acceptors (Lipinski definition) is 5. The molecule has 0 saturated heterocycles. The Balaban J connectivity index is 2.07. The van der Waals surface area contributed by atoms with Crippen molar-refractivity contribution in [3.05, 3.63) is 38.6 Å². The molecule has 2 aromatic heterocycles. The number of ether oxygens (including phenoxy) is 1. The van der Waals surface area contributed by atoms with E-state index in [0.717, 1.165) is 10.7 Å². The Morgan fingerprint density at radius 3 is 3.00 bits per heavy atom. The molecule has 96 valence electrons. The average molecular weight is 286 g/mol. The van der Waals surface area contributed by atoms with Crippen molar-refractivity contribution in [3.63, 3.8) is 0 Å². The van der Waals surface area contributed by atoms with Gasteiger partial charge in [-0.1, -0.05) is 0 Å². The van der Waals surface area contributed by atoms with E-state index in [1.165, 1.54) is 29.2 Å². The Bertz CT molecular complexity index is 582. The summed E-state index contributed by atoms with van der Waals surface area (Å²) in [6.07, 6.45) is 0.654. The molecule has 0 unspecified atom stereocenters. The van der Waals surface area contributed by atoms with Crippen LogP contribution in [0.25, 0.3) is 0 Å². The summed E-state index contributed by atoms with van der Waals surface area (Å²) in [5.41, 5.74) is 0.715. The van der Waals surface area contributed by atoms with E-state index < -0.39 is 0 Å². The van der Waals surface area contributed by atoms with Crippen molar-refractivity contribution in [3.8, 4) is 5.88 Å². The molecule has 0 saturated carbocycles. The van der Waals surface area contributed by atoms with E-state index in [1.54, 1.807) is 6.07 Å². The lowest BCUT2D eigenvalue weighted by molar-refractivity contribution is 0.375. The van der Waals surface area contributed by atoms with Gasteiger partial charge in [-0.2, -0.15) is 0 Å². The zero-order valence-corrected chi connectivity index (χ0v) is 11.4. The Labute approximate surface area is 113 Å². The van der Waals surface area contributed by atoms with Crippen LogP contribution in [0.4, 0.5) is 0 Å². The fraction of sp³-hybridized carbons (Fsp3) is 0.364. The lowest BCUT2D eigenvalue weighted by Gasteiger charge is -2.04. The van der Waals surface area contributed by atoms with Crippen molar-refractivity contribution in [2.45, 2.75) is 18.8 Å². The second kappa shape index (κ2) is 5.97. The highest BCUT2D eigenvalue weighted by atomic mass is 35.5. The van der Waals surface area contributed by atoms with E-state index in [2.05, 4.69) is 10.1 Å². The lowest BCUT2D eigenvalue weighted by atomic mass is 10.4. The van der Waals surface area contributed by atoms with Gasteiger partial charge in [0.05, 0.1) is 30.2 Å². The standard InChI is InChI=1S/C11H12ClN3O2S/c1-17-9-2-3-11(16)15(14-9)5-4-10-13-8(6-12)7-18-10/h2-3,7H,4-6H2,1H3. The second-order valence-electron chi connectivity index (χ2n) is 3.55. The number of rotatable bonds is 5. The highest BCUT2D eigenvalue weighted by Gasteiger charge is 2.04. The largest absolute Gasteiger partial charge is 0.480 e. The first-order valence-corrected chi connectivity index (χ1v) is 6.75. The van der Waals surface area contributed by atoms with Crippen molar-refractivity contribution < 1.29 is 4.74 Å². The van der Waals surface area contributed by atoms with Crippen LogP contribution in [-0.2, 0) is 18.8 Å². The van der Waals surface area contributed by atoms with Crippen LogP contribution in [0.3, 0.4) is 0 Å². The van der Waals surface area contributed by atoms with Gasteiger partial charge in [-0.3, -0.25) is 4.79 Å². The summed E-state index contributed by atoms with van der Waals surface area (Å²) in [6, 6.07) is 2.99. The summed E-state index contributed by atoms with van der Waals surface area (Å²) in [5, 5.41) is 6.93. The van der Waals surface area contributed by atoms with E-state index in [0.29, 0.717) is 24.7 Å². The highest BCUT2D eigenvalue weighted by Crippen LogP contribution is 2.12. The summed E-state index contributed by atoms with van der Waals surface area (Å²) in [6.45, 7) is 0.477. The van der Waals surface area contributed by atoms with E-state index in [1.807, 2.05) is 5.38 Å². The minimum atomic E-state index is -0.148. The third-order valence-corrected chi connectivity index (χ3v) is 3.56. The van der Waals surface area contributed by atoms with Gasteiger partial charge in [0.25, 0.3) is 5.56 Å². The first-order valence-electron chi connectivity index (χ1n) is 5.34. The van der Waals surface area contributed by atoms with Crippen molar-refractivity contribution in [1.82, 2.24) is 14.8 Å². The number of nitrogens with zero attached hydrogens (tertiary/aromatic N) is 3. The first-order chi connectivity index (χ1) is 8.72. The number of thiazole rings is 1. The van der Waals surface area contributed by atoms with Crippen LogP contribution < -0.4 is 10.3 Å². The van der Waals surface area contributed by atoms with Gasteiger partial charge in [-0.05, 0) is 0 Å². The minimum absolute atomic E-state index is 0.148. The Morgan fingerprint density at radius 1 is 1.50 bits per heavy atom.